The van der Waals surface area contributed by atoms with Gasteiger partial charge in [0.1, 0.15) is 5.69 Å². The highest BCUT2D eigenvalue weighted by atomic mass is 16.3. The van der Waals surface area contributed by atoms with Crippen LogP contribution in [0.4, 0.5) is 5.69 Å². The van der Waals surface area contributed by atoms with Crippen LogP contribution in [0.1, 0.15) is 0 Å². The summed E-state index contributed by atoms with van der Waals surface area (Å²) in [5, 5.41) is 10.3. The molecule has 0 unspecified atom stereocenters. The Morgan fingerprint density at radius 3 is 1.35 bits per heavy atom. The lowest BCUT2D eigenvalue weighted by molar-refractivity contribution is -0.268. The highest BCUT2D eigenvalue weighted by Gasteiger charge is 2.08. The third kappa shape index (κ3) is 5.18. The van der Waals surface area contributed by atoms with Crippen molar-refractivity contribution in [1.29, 1.82) is 0 Å². The molecule has 2 rings (SSSR count). The molecule has 2 aromatic rings. The van der Waals surface area contributed by atoms with Crippen LogP contribution in [0, 0.1) is 0 Å². The molecular formula is C15H19NO. The number of para-hydroxylation sites is 2. The third-order valence-electron chi connectivity index (χ3n) is 2.27. The molecule has 0 amide bonds. The van der Waals surface area contributed by atoms with Crippen LogP contribution in [0.5, 0.6) is 5.75 Å². The van der Waals surface area contributed by atoms with Gasteiger partial charge in [-0.1, -0.05) is 48.5 Å². The summed E-state index contributed by atoms with van der Waals surface area (Å²) < 4.78 is 0.890. The molecule has 0 aliphatic rings. The summed E-state index contributed by atoms with van der Waals surface area (Å²) in [6.07, 6.45) is 0. The zero-order valence-electron chi connectivity index (χ0n) is 10.6. The minimum atomic E-state index is 0.0718. The topological polar surface area (TPSA) is 23.1 Å². The molecule has 0 heterocycles. The van der Waals surface area contributed by atoms with Gasteiger partial charge >= 0.3 is 0 Å². The fourth-order valence-corrected chi connectivity index (χ4v) is 1.30. The molecule has 90 valence electrons. The first-order chi connectivity index (χ1) is 8.00. The summed E-state index contributed by atoms with van der Waals surface area (Å²) in [4.78, 5) is 0. The van der Waals surface area contributed by atoms with Crippen molar-refractivity contribution < 1.29 is 5.11 Å². The number of quaternary nitrogens is 1. The van der Waals surface area contributed by atoms with E-state index in [9.17, 15) is 5.11 Å². The maximum absolute atomic E-state index is 10.3. The Bertz CT molecular complexity index is 418. The average Bonchev–Trinajstić information content (AvgIpc) is 2.31. The molecule has 2 heteroatoms. The van der Waals surface area contributed by atoms with E-state index in [2.05, 4.69) is 45.4 Å². The molecule has 0 bridgehead atoms. The third-order valence-corrected chi connectivity index (χ3v) is 2.27. The Morgan fingerprint density at radius 2 is 1.12 bits per heavy atom. The van der Waals surface area contributed by atoms with Crippen LogP contribution in [-0.2, 0) is 0 Å². The molecule has 0 radical (unpaired) electrons. The molecule has 0 spiro atoms. The van der Waals surface area contributed by atoms with Gasteiger partial charge in [0, 0.05) is 0 Å². The lowest BCUT2D eigenvalue weighted by atomic mass is 10.3. The summed E-state index contributed by atoms with van der Waals surface area (Å²) in [5.74, 6) is 0.0718. The lowest BCUT2D eigenvalue weighted by Gasteiger charge is -2.22. The van der Waals surface area contributed by atoms with Crippen LogP contribution in [0.3, 0.4) is 0 Å². The second-order valence-corrected chi connectivity index (χ2v) is 4.66. The van der Waals surface area contributed by atoms with E-state index in [4.69, 9.17) is 0 Å². The zero-order chi connectivity index (χ0) is 12.7. The minimum absolute atomic E-state index is 0.0718. The van der Waals surface area contributed by atoms with E-state index in [-0.39, 0.29) is 5.75 Å². The van der Waals surface area contributed by atoms with Gasteiger partial charge in [-0.2, -0.15) is 0 Å². The predicted molar refractivity (Wildman–Crippen MR) is 71.9 cm³/mol. The van der Waals surface area contributed by atoms with Crippen LogP contribution >= 0.6 is 0 Å². The number of nitrogens with zero attached hydrogens (tertiary/aromatic N) is 1. The first kappa shape index (κ1) is 13.3. The standard InChI is InChI=1S/C9H14N.C6H6O/c1-10(2,3)9-7-5-4-6-8-9;7-6-4-2-1-3-5-6/h4-8H,1-3H3;1-5,7H/q+1;/p-1. The summed E-state index contributed by atoms with van der Waals surface area (Å²) in [5.41, 5.74) is 1.34. The van der Waals surface area contributed by atoms with Gasteiger partial charge in [0.05, 0.1) is 21.1 Å². The van der Waals surface area contributed by atoms with Crippen molar-refractivity contribution in [3.05, 3.63) is 60.7 Å². The minimum Gasteiger partial charge on any atom is -0.872 e. The van der Waals surface area contributed by atoms with Crippen molar-refractivity contribution in [2.24, 2.45) is 0 Å². The first-order valence-corrected chi connectivity index (χ1v) is 5.59. The van der Waals surface area contributed by atoms with E-state index in [0.29, 0.717) is 0 Å². The molecule has 0 aliphatic carbocycles. The van der Waals surface area contributed by atoms with Crippen molar-refractivity contribution in [1.82, 2.24) is 4.48 Å². The van der Waals surface area contributed by atoms with E-state index < -0.39 is 0 Å². The van der Waals surface area contributed by atoms with Crippen LogP contribution < -0.4 is 9.59 Å². The zero-order valence-corrected chi connectivity index (χ0v) is 10.6. The van der Waals surface area contributed by atoms with Gasteiger partial charge < -0.3 is 5.11 Å². The lowest BCUT2D eigenvalue weighted by Crippen LogP contribution is -2.34. The molecule has 0 saturated carbocycles. The SMILES string of the molecule is C[N+](C)(C)c1ccccc1.[O-]c1ccccc1. The van der Waals surface area contributed by atoms with E-state index >= 15 is 0 Å². The average molecular weight is 229 g/mol. The molecule has 2 aromatic carbocycles. The van der Waals surface area contributed by atoms with Gasteiger partial charge in [-0.3, -0.25) is 4.48 Å². The quantitative estimate of drug-likeness (QED) is 0.689. The van der Waals surface area contributed by atoms with Crippen LogP contribution in [-0.4, -0.2) is 21.1 Å². The van der Waals surface area contributed by atoms with Crippen molar-refractivity contribution in [3.63, 3.8) is 0 Å². The maximum Gasteiger partial charge on any atom is 0.132 e. The maximum atomic E-state index is 10.3. The molecule has 0 N–H and O–H groups in total. The molecule has 0 aromatic heterocycles. The molecule has 2 nitrogen and oxygen atoms in total. The van der Waals surface area contributed by atoms with E-state index in [1.54, 1.807) is 12.1 Å². The van der Waals surface area contributed by atoms with Gasteiger partial charge in [0.15, 0.2) is 0 Å². The van der Waals surface area contributed by atoms with Crippen LogP contribution in [0.2, 0.25) is 0 Å². The second-order valence-electron chi connectivity index (χ2n) is 4.66. The monoisotopic (exact) mass is 229 g/mol. The molecule has 0 saturated heterocycles. The molecule has 0 atom stereocenters. The van der Waals surface area contributed by atoms with Gasteiger partial charge in [0.2, 0.25) is 0 Å². The Kier molecular flexibility index (Phi) is 4.73. The highest BCUT2D eigenvalue weighted by molar-refractivity contribution is 5.40. The molecule has 0 fully saturated rings. The fourth-order valence-electron chi connectivity index (χ4n) is 1.30. The van der Waals surface area contributed by atoms with Gasteiger partial charge in [-0.05, 0) is 12.1 Å². The van der Waals surface area contributed by atoms with Crippen molar-refractivity contribution in [2.75, 3.05) is 21.1 Å². The van der Waals surface area contributed by atoms with Crippen molar-refractivity contribution >= 4 is 5.69 Å². The van der Waals surface area contributed by atoms with Crippen LogP contribution in [0.15, 0.2) is 60.7 Å². The van der Waals surface area contributed by atoms with Gasteiger partial charge in [-0.25, -0.2) is 0 Å². The normalized spacial score (nSPS) is 10.3. The molecule has 0 aliphatic heterocycles. The summed E-state index contributed by atoms with van der Waals surface area (Å²) in [6, 6.07) is 18.8. The molecule has 17 heavy (non-hydrogen) atoms. The first-order valence-electron chi connectivity index (χ1n) is 5.59. The number of rotatable bonds is 1. The molecular weight excluding hydrogens is 210 g/mol. The second kappa shape index (κ2) is 6.06. The van der Waals surface area contributed by atoms with Crippen molar-refractivity contribution in [2.45, 2.75) is 0 Å². The summed E-state index contributed by atoms with van der Waals surface area (Å²) >= 11 is 0. The predicted octanol–water partition coefficient (Wildman–Crippen LogP) is 2.64. The van der Waals surface area contributed by atoms with Gasteiger partial charge in [-0.15, -0.1) is 5.75 Å². The Hall–Kier alpha value is -1.80. The van der Waals surface area contributed by atoms with Crippen LogP contribution in [0.25, 0.3) is 0 Å². The van der Waals surface area contributed by atoms with Gasteiger partial charge in [0.25, 0.3) is 0 Å². The van der Waals surface area contributed by atoms with E-state index in [1.807, 2.05) is 12.1 Å². The Balaban J connectivity index is 0.000000181. The summed E-state index contributed by atoms with van der Waals surface area (Å²) in [7, 11) is 6.49. The smallest absolute Gasteiger partial charge is 0.132 e. The largest absolute Gasteiger partial charge is 0.872 e. The number of hydrogen-bond acceptors (Lipinski definition) is 1. The fraction of sp³-hybridized carbons (Fsp3) is 0.200. The Morgan fingerprint density at radius 1 is 0.706 bits per heavy atom. The highest BCUT2D eigenvalue weighted by Crippen LogP contribution is 2.14. The number of hydrogen-bond donors (Lipinski definition) is 0. The van der Waals surface area contributed by atoms with E-state index in [0.717, 1.165) is 4.48 Å². The van der Waals surface area contributed by atoms with Crippen molar-refractivity contribution in [3.8, 4) is 5.75 Å². The summed E-state index contributed by atoms with van der Waals surface area (Å²) in [6.45, 7) is 0. The Labute approximate surface area is 103 Å². The number of benzene rings is 2. The van der Waals surface area contributed by atoms with E-state index in [1.165, 1.54) is 17.8 Å².